The summed E-state index contributed by atoms with van der Waals surface area (Å²) in [5.41, 5.74) is 0. The molecule has 6 aliphatic heterocycles. The molecule has 0 radical (unpaired) electrons. The van der Waals surface area contributed by atoms with Gasteiger partial charge in [-0.15, -0.1) is 0 Å². The van der Waals surface area contributed by atoms with Gasteiger partial charge in [-0.3, -0.25) is 0 Å². The van der Waals surface area contributed by atoms with Crippen molar-refractivity contribution in [1.29, 1.82) is 0 Å². The molecular formula is C43H108Si15. The van der Waals surface area contributed by atoms with Crippen molar-refractivity contribution >= 4 is 103 Å². The Balaban J connectivity index is 2.51. The number of hydrogen-bond donors (Lipinski definition) is 0. The molecule has 6 atom stereocenters. The minimum atomic E-state index is -1.79. The average molecular weight is 1050 g/mol. The van der Waals surface area contributed by atoms with Crippen molar-refractivity contribution in [2.24, 2.45) is 0 Å². The summed E-state index contributed by atoms with van der Waals surface area (Å²) in [6, 6.07) is 0. The van der Waals surface area contributed by atoms with Crippen LogP contribution < -0.4 is 0 Å². The summed E-state index contributed by atoms with van der Waals surface area (Å²) >= 11 is 0. The maximum absolute atomic E-state index is 3.71. The molecule has 0 aliphatic carbocycles. The topological polar surface area (TPSA) is 0 Å². The van der Waals surface area contributed by atoms with Crippen molar-refractivity contribution in [2.45, 2.75) is 279 Å². The highest BCUT2D eigenvalue weighted by atomic mass is 31.4. The molecule has 6 saturated heterocycles. The van der Waals surface area contributed by atoms with Crippen LogP contribution in [0.1, 0.15) is 145 Å². The van der Waals surface area contributed by atoms with Crippen LogP contribution >= 0.6 is 0 Å². The first kappa shape index (κ1) is 52.2. The Labute approximate surface area is 378 Å². The Bertz CT molecular complexity index is 1700. The van der Waals surface area contributed by atoms with Gasteiger partial charge in [-0.05, 0) is 35.3 Å². The van der Waals surface area contributed by atoms with E-state index in [0.717, 1.165) is 0 Å². The molecule has 58 heavy (non-hydrogen) atoms. The SMILES string of the molecule is CC(C)(C)[Si](C)(C)[Si]12[Si]3(C)[Si]1([Si](C)(C)C(C)(C)C)[Si]1([Si](C)(C)C(C)(C)C)[Si]2([Si](C)(C)C(C)(C)C)[Si]2([Si](C)(C)C(C)(C)C)[Si]3([Si](C)(C)C(C)(C)C)[Si]12[Si](C)(C)C(C)(C)C. The molecule has 340 valence electrons. The molecule has 0 aromatic rings. The lowest BCUT2D eigenvalue weighted by Crippen LogP contribution is -3.30. The summed E-state index contributed by atoms with van der Waals surface area (Å²) in [7, 11) is -12.3. The summed E-state index contributed by atoms with van der Waals surface area (Å²) in [5, 5.41) is 3.86. The van der Waals surface area contributed by atoms with Gasteiger partial charge in [0.05, 0.1) is 0 Å². The zero-order valence-corrected chi connectivity index (χ0v) is 62.0. The van der Waals surface area contributed by atoms with Gasteiger partial charge in [0, 0.05) is 103 Å². The minimum Gasteiger partial charge on any atom is -0.0764 e. The van der Waals surface area contributed by atoms with Crippen molar-refractivity contribution in [2.75, 3.05) is 0 Å². The lowest BCUT2D eigenvalue weighted by Gasteiger charge is -2.96. The molecule has 6 unspecified atom stereocenters. The molecule has 6 fully saturated rings. The quantitative estimate of drug-likeness (QED) is 0.223. The maximum atomic E-state index is 3.71. The summed E-state index contributed by atoms with van der Waals surface area (Å²) in [6.45, 7) is 111. The summed E-state index contributed by atoms with van der Waals surface area (Å²) in [6.07, 6.45) is -11.8. The van der Waals surface area contributed by atoms with Crippen LogP contribution in [0.3, 0.4) is 0 Å². The van der Waals surface area contributed by atoms with E-state index < -0.39 is 103 Å². The van der Waals surface area contributed by atoms with E-state index in [1.165, 1.54) is 0 Å². The third kappa shape index (κ3) is 3.70. The molecule has 0 nitrogen and oxygen atoms in total. The van der Waals surface area contributed by atoms with E-state index in [0.29, 0.717) is 35.3 Å². The van der Waals surface area contributed by atoms with Crippen LogP contribution in [0.25, 0.3) is 0 Å². The van der Waals surface area contributed by atoms with Gasteiger partial charge in [0.15, 0.2) is 0 Å². The average Bonchev–Trinajstić information content (AvgIpc) is 3.60. The number of rotatable bonds is 7. The second-order valence-electron chi connectivity index (χ2n) is 33.5. The Morgan fingerprint density at radius 3 is 0.379 bits per heavy atom. The lowest BCUT2D eigenvalue weighted by atomic mass is 10.2. The molecule has 15 heteroatoms. The third-order valence-electron chi connectivity index (χ3n) is 26.9. The van der Waals surface area contributed by atoms with Crippen LogP contribution in [0.5, 0.6) is 0 Å². The molecule has 0 bridgehead atoms. The van der Waals surface area contributed by atoms with Crippen LogP contribution in [-0.2, 0) is 0 Å². The maximum Gasteiger partial charge on any atom is 0.0376 e. The van der Waals surface area contributed by atoms with Crippen molar-refractivity contribution in [3.8, 4) is 0 Å². The zero-order chi connectivity index (χ0) is 47.0. The van der Waals surface area contributed by atoms with Crippen LogP contribution in [0.2, 0.25) is 133 Å². The van der Waals surface area contributed by atoms with Crippen LogP contribution in [-0.4, -0.2) is 103 Å². The first-order valence-electron chi connectivity index (χ1n) is 24.5. The minimum absolute atomic E-state index is 0.547. The predicted octanol–water partition coefficient (Wildman–Crippen LogP) is 15.3. The molecule has 6 heterocycles. The van der Waals surface area contributed by atoms with E-state index in [-0.39, 0.29) is 0 Å². The van der Waals surface area contributed by atoms with E-state index in [1.54, 1.807) is 0 Å². The van der Waals surface area contributed by atoms with Crippen molar-refractivity contribution in [3.05, 3.63) is 0 Å². The van der Waals surface area contributed by atoms with Gasteiger partial charge in [0.2, 0.25) is 0 Å². The molecule has 6 rings (SSSR count). The van der Waals surface area contributed by atoms with Gasteiger partial charge in [-0.2, -0.15) is 0 Å². The van der Waals surface area contributed by atoms with Crippen LogP contribution in [0.4, 0.5) is 0 Å². The van der Waals surface area contributed by atoms with E-state index >= 15 is 0 Å². The highest BCUT2D eigenvalue weighted by molar-refractivity contribution is 9.09. The van der Waals surface area contributed by atoms with Gasteiger partial charge in [0.25, 0.3) is 0 Å². The summed E-state index contributed by atoms with van der Waals surface area (Å²) in [4.78, 5) is 0. The monoisotopic (exact) mass is 1040 g/mol. The van der Waals surface area contributed by atoms with Crippen LogP contribution in [0.15, 0.2) is 0 Å². The molecule has 6 aliphatic rings. The van der Waals surface area contributed by atoms with E-state index in [2.05, 4.69) is 244 Å². The van der Waals surface area contributed by atoms with Gasteiger partial charge < -0.3 is 0 Å². The largest absolute Gasteiger partial charge is 0.0764 e. The van der Waals surface area contributed by atoms with Crippen molar-refractivity contribution < 1.29 is 0 Å². The normalized spacial score (nSPS) is 39.9. The Kier molecular flexibility index (Phi) is 10.4. The fourth-order valence-corrected chi connectivity index (χ4v) is 2300. The lowest BCUT2D eigenvalue weighted by molar-refractivity contribution is 0.729. The molecule has 0 saturated carbocycles. The first-order valence-corrected chi connectivity index (χ1v) is 81.0. The Morgan fingerprint density at radius 2 is 0.276 bits per heavy atom. The molecule has 0 aromatic heterocycles. The fourth-order valence-electron chi connectivity index (χ4n) is 20.8. The molecule has 0 spiro atoms. The summed E-state index contributed by atoms with van der Waals surface area (Å²) < 4.78 is 0. The third-order valence-corrected chi connectivity index (χ3v) is 740. The predicted molar refractivity (Wildman–Crippen MR) is 312 cm³/mol. The van der Waals surface area contributed by atoms with Gasteiger partial charge >= 0.3 is 0 Å². The highest BCUT2D eigenvalue weighted by Gasteiger charge is 3.43. The second kappa shape index (κ2) is 11.6. The first-order chi connectivity index (χ1) is 24.5. The molecule has 0 aromatic carbocycles. The van der Waals surface area contributed by atoms with Crippen molar-refractivity contribution in [1.82, 2.24) is 0 Å². The standard InChI is InChI=1S/C43H108Si15/c1-37(2,3)44(22,23)52-51(36)53(52,45(24,25)38(4,5)6)56(48(30,31)41(13,14)15)55(52,47(28,29)40(10,11)12)57(49(32,33)42(16,17)18)54(51,46(26,27)39(7,8)9)58(56,57)50(34,35)43(19,20)21/h1-36H3. The van der Waals surface area contributed by atoms with Gasteiger partial charge in [-0.25, -0.2) is 0 Å². The molecule has 0 N–H and O–H groups in total. The Hall–Kier alpha value is 3.25. The zero-order valence-electron chi connectivity index (χ0n) is 47.0. The fraction of sp³-hybridized carbons (Fsp3) is 1.00. The van der Waals surface area contributed by atoms with E-state index in [9.17, 15) is 0 Å². The summed E-state index contributed by atoms with van der Waals surface area (Å²) in [5.74, 6) is 0. The second-order valence-corrected chi connectivity index (χ2v) is 245. The molecule has 0 amide bonds. The van der Waals surface area contributed by atoms with Gasteiger partial charge in [0.1, 0.15) is 0 Å². The van der Waals surface area contributed by atoms with E-state index in [4.69, 9.17) is 0 Å². The number of hydrogen-bond acceptors (Lipinski definition) is 0. The Morgan fingerprint density at radius 1 is 0.190 bits per heavy atom. The van der Waals surface area contributed by atoms with Crippen LogP contribution in [0, 0.1) is 0 Å². The van der Waals surface area contributed by atoms with Crippen molar-refractivity contribution in [3.63, 3.8) is 0 Å². The highest BCUT2D eigenvalue weighted by Crippen LogP contribution is 3.09. The van der Waals surface area contributed by atoms with Gasteiger partial charge in [-0.1, -0.05) is 244 Å². The molecular weight excluding hydrogens is 938 g/mol. The van der Waals surface area contributed by atoms with E-state index in [1.807, 2.05) is 0 Å². The smallest absolute Gasteiger partial charge is 0.0376 e.